The molecule has 0 amide bonds. The fraction of sp³-hybridized carbons (Fsp3) is 0.312. The molecule has 0 aliphatic rings. The highest BCUT2D eigenvalue weighted by atomic mass is 16.5. The van der Waals surface area contributed by atoms with Crippen LogP contribution in [0.15, 0.2) is 42.6 Å². The fourth-order valence-electron chi connectivity index (χ4n) is 1.77. The molecule has 3 nitrogen and oxygen atoms in total. The van der Waals surface area contributed by atoms with E-state index in [1.165, 1.54) is 5.56 Å². The maximum absolute atomic E-state index is 9.40. The third-order valence-corrected chi connectivity index (χ3v) is 2.95. The number of aliphatic hydroxyl groups is 1. The Labute approximate surface area is 113 Å². The molecule has 0 unspecified atom stereocenters. The number of rotatable bonds is 4. The SMILES string of the molecule is CC(C)c1cccc(Oc2ccc([C@H](C)O)nc2)c1. The van der Waals surface area contributed by atoms with Crippen molar-refractivity contribution in [2.24, 2.45) is 0 Å². The molecule has 0 radical (unpaired) electrons. The summed E-state index contributed by atoms with van der Waals surface area (Å²) in [5.74, 6) is 1.95. The third-order valence-electron chi connectivity index (χ3n) is 2.95. The number of pyridine rings is 1. The van der Waals surface area contributed by atoms with Crippen molar-refractivity contribution >= 4 is 0 Å². The largest absolute Gasteiger partial charge is 0.456 e. The van der Waals surface area contributed by atoms with Crippen molar-refractivity contribution in [2.75, 3.05) is 0 Å². The maximum Gasteiger partial charge on any atom is 0.145 e. The first kappa shape index (κ1) is 13.6. The van der Waals surface area contributed by atoms with Crippen LogP contribution in [-0.4, -0.2) is 10.1 Å². The van der Waals surface area contributed by atoms with Gasteiger partial charge in [-0.15, -0.1) is 0 Å². The van der Waals surface area contributed by atoms with Crippen molar-refractivity contribution in [3.05, 3.63) is 53.9 Å². The van der Waals surface area contributed by atoms with E-state index in [9.17, 15) is 5.11 Å². The topological polar surface area (TPSA) is 42.4 Å². The Morgan fingerprint density at radius 1 is 1.05 bits per heavy atom. The molecule has 0 spiro atoms. The Morgan fingerprint density at radius 2 is 1.84 bits per heavy atom. The van der Waals surface area contributed by atoms with Gasteiger partial charge in [0.15, 0.2) is 0 Å². The summed E-state index contributed by atoms with van der Waals surface area (Å²) in [6.45, 7) is 5.99. The standard InChI is InChI=1S/C16H19NO2/c1-11(2)13-5-4-6-14(9-13)19-15-7-8-16(12(3)18)17-10-15/h4-12,18H,1-3H3/t12-/m0/s1. The number of aliphatic hydroxyl groups excluding tert-OH is 1. The summed E-state index contributed by atoms with van der Waals surface area (Å²) in [5.41, 5.74) is 1.88. The molecule has 1 aromatic heterocycles. The molecule has 0 aliphatic heterocycles. The van der Waals surface area contributed by atoms with Crippen LogP contribution in [-0.2, 0) is 0 Å². The highest BCUT2D eigenvalue weighted by Gasteiger charge is 2.05. The predicted octanol–water partition coefficient (Wildman–Crippen LogP) is 4.05. The summed E-state index contributed by atoms with van der Waals surface area (Å²) in [6, 6.07) is 11.6. The van der Waals surface area contributed by atoms with Gasteiger partial charge in [0.1, 0.15) is 11.5 Å². The van der Waals surface area contributed by atoms with Crippen molar-refractivity contribution < 1.29 is 9.84 Å². The van der Waals surface area contributed by atoms with Crippen molar-refractivity contribution in [1.82, 2.24) is 4.98 Å². The van der Waals surface area contributed by atoms with Crippen LogP contribution in [0.1, 0.15) is 44.1 Å². The molecule has 3 heteroatoms. The third kappa shape index (κ3) is 3.55. The van der Waals surface area contributed by atoms with Gasteiger partial charge in [0.25, 0.3) is 0 Å². The summed E-state index contributed by atoms with van der Waals surface area (Å²) in [6.07, 6.45) is 1.07. The van der Waals surface area contributed by atoms with Gasteiger partial charge in [-0.3, -0.25) is 4.98 Å². The molecule has 2 rings (SSSR count). The number of aromatic nitrogens is 1. The van der Waals surface area contributed by atoms with Crippen LogP contribution in [0, 0.1) is 0 Å². The van der Waals surface area contributed by atoms with Crippen LogP contribution in [0.25, 0.3) is 0 Å². The smallest absolute Gasteiger partial charge is 0.145 e. The van der Waals surface area contributed by atoms with Crippen molar-refractivity contribution in [1.29, 1.82) is 0 Å². The lowest BCUT2D eigenvalue weighted by molar-refractivity contribution is 0.194. The minimum atomic E-state index is -0.557. The first-order valence-corrected chi connectivity index (χ1v) is 6.48. The summed E-state index contributed by atoms with van der Waals surface area (Å²) >= 11 is 0. The van der Waals surface area contributed by atoms with Crippen LogP contribution in [0.4, 0.5) is 0 Å². The van der Waals surface area contributed by atoms with Gasteiger partial charge < -0.3 is 9.84 Å². The predicted molar refractivity (Wildman–Crippen MR) is 75.5 cm³/mol. The van der Waals surface area contributed by atoms with Gasteiger partial charge in [0.2, 0.25) is 0 Å². The average molecular weight is 257 g/mol. The Bertz CT molecular complexity index is 533. The first-order valence-electron chi connectivity index (χ1n) is 6.48. The zero-order valence-corrected chi connectivity index (χ0v) is 11.5. The van der Waals surface area contributed by atoms with E-state index >= 15 is 0 Å². The number of hydrogen-bond acceptors (Lipinski definition) is 3. The number of benzene rings is 1. The van der Waals surface area contributed by atoms with E-state index in [0.29, 0.717) is 17.4 Å². The summed E-state index contributed by atoms with van der Waals surface area (Å²) < 4.78 is 5.76. The number of hydrogen-bond donors (Lipinski definition) is 1. The average Bonchev–Trinajstić information content (AvgIpc) is 2.39. The fourth-order valence-corrected chi connectivity index (χ4v) is 1.77. The molecular weight excluding hydrogens is 238 g/mol. The van der Waals surface area contributed by atoms with E-state index in [4.69, 9.17) is 4.74 Å². The summed E-state index contributed by atoms with van der Waals surface area (Å²) in [7, 11) is 0. The molecule has 0 fully saturated rings. The Morgan fingerprint density at radius 3 is 2.42 bits per heavy atom. The molecular formula is C16H19NO2. The normalized spacial score (nSPS) is 12.5. The van der Waals surface area contributed by atoms with Gasteiger partial charge in [-0.25, -0.2) is 0 Å². The van der Waals surface area contributed by atoms with E-state index in [1.54, 1.807) is 19.2 Å². The molecule has 1 atom stereocenters. The summed E-state index contributed by atoms with van der Waals surface area (Å²) in [4.78, 5) is 4.16. The Balaban J connectivity index is 2.14. The van der Waals surface area contributed by atoms with Crippen LogP contribution in [0.3, 0.4) is 0 Å². The summed E-state index contributed by atoms with van der Waals surface area (Å²) in [5, 5.41) is 9.40. The highest BCUT2D eigenvalue weighted by molar-refractivity contribution is 5.34. The molecule has 1 N–H and O–H groups in total. The van der Waals surface area contributed by atoms with Gasteiger partial charge in [-0.2, -0.15) is 0 Å². The van der Waals surface area contributed by atoms with Crippen molar-refractivity contribution in [2.45, 2.75) is 32.8 Å². The van der Waals surface area contributed by atoms with Crippen LogP contribution >= 0.6 is 0 Å². The minimum absolute atomic E-state index is 0.472. The second kappa shape index (κ2) is 5.85. The molecule has 0 saturated carbocycles. The Kier molecular flexibility index (Phi) is 4.17. The van der Waals surface area contributed by atoms with Crippen molar-refractivity contribution in [3.63, 3.8) is 0 Å². The second-order valence-electron chi connectivity index (χ2n) is 4.92. The van der Waals surface area contributed by atoms with E-state index in [-0.39, 0.29) is 0 Å². The lowest BCUT2D eigenvalue weighted by Gasteiger charge is -2.10. The molecule has 0 aliphatic carbocycles. The first-order chi connectivity index (χ1) is 9.06. The highest BCUT2D eigenvalue weighted by Crippen LogP contribution is 2.25. The molecule has 2 aromatic rings. The zero-order chi connectivity index (χ0) is 13.8. The van der Waals surface area contributed by atoms with Crippen LogP contribution in [0.2, 0.25) is 0 Å². The quantitative estimate of drug-likeness (QED) is 0.898. The van der Waals surface area contributed by atoms with Gasteiger partial charge >= 0.3 is 0 Å². The van der Waals surface area contributed by atoms with Crippen LogP contribution < -0.4 is 4.74 Å². The van der Waals surface area contributed by atoms with Crippen LogP contribution in [0.5, 0.6) is 11.5 Å². The van der Waals surface area contributed by atoms with E-state index in [1.807, 2.05) is 24.3 Å². The van der Waals surface area contributed by atoms with Gasteiger partial charge in [0, 0.05) is 0 Å². The Hall–Kier alpha value is -1.87. The minimum Gasteiger partial charge on any atom is -0.456 e. The van der Waals surface area contributed by atoms with E-state index < -0.39 is 6.10 Å². The zero-order valence-electron chi connectivity index (χ0n) is 11.5. The van der Waals surface area contributed by atoms with Gasteiger partial charge in [-0.05, 0) is 42.7 Å². The monoisotopic (exact) mass is 257 g/mol. The second-order valence-corrected chi connectivity index (χ2v) is 4.92. The molecule has 1 heterocycles. The lowest BCUT2D eigenvalue weighted by atomic mass is 10.0. The van der Waals surface area contributed by atoms with E-state index in [0.717, 1.165) is 5.75 Å². The molecule has 19 heavy (non-hydrogen) atoms. The van der Waals surface area contributed by atoms with Gasteiger partial charge in [0.05, 0.1) is 18.0 Å². The lowest BCUT2D eigenvalue weighted by Crippen LogP contribution is -1.95. The molecule has 100 valence electrons. The maximum atomic E-state index is 9.40. The van der Waals surface area contributed by atoms with Crippen molar-refractivity contribution in [3.8, 4) is 11.5 Å². The molecule has 0 saturated heterocycles. The number of nitrogens with zero attached hydrogens (tertiary/aromatic N) is 1. The van der Waals surface area contributed by atoms with E-state index in [2.05, 4.69) is 24.9 Å². The van der Waals surface area contributed by atoms with Gasteiger partial charge in [-0.1, -0.05) is 26.0 Å². The molecule has 1 aromatic carbocycles. The number of ether oxygens (including phenoxy) is 1. The molecule has 0 bridgehead atoms.